The van der Waals surface area contributed by atoms with Gasteiger partial charge in [0.2, 0.25) is 0 Å². The van der Waals surface area contributed by atoms with Gasteiger partial charge in [0.05, 0.1) is 5.41 Å². The third-order valence-electron chi connectivity index (χ3n) is 9.43. The summed E-state index contributed by atoms with van der Waals surface area (Å²) in [5, 5.41) is 0. The fourth-order valence-electron chi connectivity index (χ4n) is 6.89. The number of hydrogen-bond donors (Lipinski definition) is 1. The zero-order valence-corrected chi connectivity index (χ0v) is 35.4. The standard InChI is InChI=1S/C41H38N2.C6H10.3C2H6/c1-3-13-31(20-22-36(42)28-30(4-2)32-14-7-5-8-15-32)33-21-23-40-38(29-33)37-18-11-12-19-39(37)41(40,34-16-9-6-10-17-34)35-24-26-43-27-25-35;1-4-6(3)5-2;3*1-2/h3-11,13-18,20-21,23-29H,12,19,22,42H2,1-2H3;4-5H,1H2,2-3H3;3*1-2H3/b13-3-,30-4+,31-20+,36-28-;6-5-;;;. The quantitative estimate of drug-likeness (QED) is 0.174. The average Bonchev–Trinajstić information content (AvgIpc) is 3.57. The van der Waals surface area contributed by atoms with Crippen LogP contribution in [0.1, 0.15) is 122 Å². The van der Waals surface area contributed by atoms with Crippen molar-refractivity contribution in [2.75, 3.05) is 0 Å². The number of aromatic nitrogens is 1. The van der Waals surface area contributed by atoms with Gasteiger partial charge in [-0.2, -0.15) is 0 Å². The van der Waals surface area contributed by atoms with Crippen molar-refractivity contribution in [2.45, 2.75) is 93.9 Å². The normalized spacial score (nSPS) is 16.2. The highest BCUT2D eigenvalue weighted by Gasteiger charge is 2.47. The predicted octanol–water partition coefficient (Wildman–Crippen LogP) is 15.0. The number of benzene rings is 3. The fourth-order valence-corrected chi connectivity index (χ4v) is 6.89. The zero-order valence-electron chi connectivity index (χ0n) is 35.4. The predicted molar refractivity (Wildman–Crippen MR) is 246 cm³/mol. The SMILES string of the molecule is C/C=C\C(=C/C/C(N)=C/C(=C\C)c1ccccc1)c1ccc2c(c1)C1=C(CCC=C1)C2(c1ccccc1)c1ccncc1.C=C/C(C)=C\C.CC.CC.CC. The maximum Gasteiger partial charge on any atom is 0.0677 e. The van der Waals surface area contributed by atoms with Crippen LogP contribution in [0.25, 0.3) is 16.7 Å². The molecule has 0 saturated heterocycles. The van der Waals surface area contributed by atoms with Gasteiger partial charge in [0.1, 0.15) is 0 Å². The molecule has 0 fully saturated rings. The van der Waals surface area contributed by atoms with E-state index in [1.165, 1.54) is 55.7 Å². The summed E-state index contributed by atoms with van der Waals surface area (Å²) < 4.78 is 0. The summed E-state index contributed by atoms with van der Waals surface area (Å²) in [4.78, 5) is 4.37. The molecule has 1 aromatic heterocycles. The summed E-state index contributed by atoms with van der Waals surface area (Å²) in [6, 6.07) is 32.8. The summed E-state index contributed by atoms with van der Waals surface area (Å²) in [6.45, 7) is 23.7. The van der Waals surface area contributed by atoms with Gasteiger partial charge in [-0.1, -0.05) is 175 Å². The molecule has 0 spiro atoms. The zero-order chi connectivity index (χ0) is 40.6. The first kappa shape index (κ1) is 45.7. The van der Waals surface area contributed by atoms with E-state index in [-0.39, 0.29) is 5.41 Å². The van der Waals surface area contributed by atoms with Crippen molar-refractivity contribution in [1.82, 2.24) is 4.98 Å². The van der Waals surface area contributed by atoms with Crippen LogP contribution in [-0.4, -0.2) is 4.98 Å². The molecule has 1 unspecified atom stereocenters. The van der Waals surface area contributed by atoms with E-state index >= 15 is 0 Å². The number of pyridine rings is 1. The van der Waals surface area contributed by atoms with Gasteiger partial charge in [0, 0.05) is 24.5 Å². The third-order valence-corrected chi connectivity index (χ3v) is 9.43. The summed E-state index contributed by atoms with van der Waals surface area (Å²) in [5.41, 5.74) is 21.0. The van der Waals surface area contributed by atoms with Crippen molar-refractivity contribution in [3.05, 3.63) is 215 Å². The second-order valence-corrected chi connectivity index (χ2v) is 12.4. The van der Waals surface area contributed by atoms with Crippen LogP contribution in [0, 0.1) is 0 Å². The van der Waals surface area contributed by atoms with Gasteiger partial charge < -0.3 is 5.73 Å². The Hall–Kier alpha value is -5.47. The molecule has 3 aromatic carbocycles. The third kappa shape index (κ3) is 11.3. The van der Waals surface area contributed by atoms with Crippen LogP contribution in [0.5, 0.6) is 0 Å². The second-order valence-electron chi connectivity index (χ2n) is 12.4. The molecule has 1 atom stereocenters. The Balaban J connectivity index is 0.000000776. The molecule has 6 rings (SSSR count). The van der Waals surface area contributed by atoms with Crippen LogP contribution >= 0.6 is 0 Å². The number of hydrogen-bond acceptors (Lipinski definition) is 2. The minimum atomic E-state index is -0.337. The molecule has 0 bridgehead atoms. The van der Waals surface area contributed by atoms with E-state index in [0.717, 1.165) is 24.1 Å². The van der Waals surface area contributed by atoms with Crippen LogP contribution < -0.4 is 5.73 Å². The molecule has 0 radical (unpaired) electrons. The number of nitrogens with two attached hydrogens (primary N) is 1. The van der Waals surface area contributed by atoms with E-state index in [9.17, 15) is 0 Å². The molecule has 0 amide bonds. The summed E-state index contributed by atoms with van der Waals surface area (Å²) in [7, 11) is 0. The van der Waals surface area contributed by atoms with Crippen molar-refractivity contribution in [2.24, 2.45) is 5.73 Å². The molecular weight excluding hydrogens is 665 g/mol. The minimum absolute atomic E-state index is 0.337. The largest absolute Gasteiger partial charge is 0.402 e. The second kappa shape index (κ2) is 24.8. The Kier molecular flexibility index (Phi) is 20.6. The molecule has 2 aliphatic carbocycles. The van der Waals surface area contributed by atoms with Gasteiger partial charge in [0.15, 0.2) is 0 Å². The molecule has 1 heterocycles. The lowest BCUT2D eigenvalue weighted by Gasteiger charge is -2.36. The van der Waals surface area contributed by atoms with E-state index < -0.39 is 0 Å². The van der Waals surface area contributed by atoms with Crippen molar-refractivity contribution in [3.8, 4) is 0 Å². The Bertz CT molecular complexity index is 1920. The molecule has 0 aliphatic heterocycles. The average molecular weight is 731 g/mol. The summed E-state index contributed by atoms with van der Waals surface area (Å²) >= 11 is 0. The first-order valence-electron chi connectivity index (χ1n) is 20.2. The lowest BCUT2D eigenvalue weighted by Crippen LogP contribution is -2.30. The Morgan fingerprint density at radius 2 is 1.38 bits per heavy atom. The summed E-state index contributed by atoms with van der Waals surface area (Å²) in [5.74, 6) is 0. The fraction of sp³-hybridized carbons (Fsp3) is 0.264. The van der Waals surface area contributed by atoms with Gasteiger partial charge in [-0.05, 0) is 120 Å². The van der Waals surface area contributed by atoms with Crippen molar-refractivity contribution in [3.63, 3.8) is 0 Å². The lowest BCUT2D eigenvalue weighted by atomic mass is 9.65. The molecule has 4 aromatic rings. The number of fused-ring (bicyclic) bond motifs is 2. The number of rotatable bonds is 9. The Morgan fingerprint density at radius 3 is 1.95 bits per heavy atom. The van der Waals surface area contributed by atoms with Crippen LogP contribution in [0.15, 0.2) is 181 Å². The lowest BCUT2D eigenvalue weighted by molar-refractivity contribution is 0.695. The highest BCUT2D eigenvalue weighted by molar-refractivity contribution is 5.92. The van der Waals surface area contributed by atoms with E-state index in [0.29, 0.717) is 6.42 Å². The van der Waals surface area contributed by atoms with Gasteiger partial charge >= 0.3 is 0 Å². The Morgan fingerprint density at radius 1 is 0.764 bits per heavy atom. The van der Waals surface area contributed by atoms with E-state index in [2.05, 4.69) is 153 Å². The number of allylic oxidation sites excluding steroid dienone is 14. The number of nitrogens with zero attached hydrogens (tertiary/aromatic N) is 1. The first-order chi connectivity index (χ1) is 27.0. The van der Waals surface area contributed by atoms with E-state index in [1.54, 1.807) is 0 Å². The van der Waals surface area contributed by atoms with Crippen molar-refractivity contribution in [1.29, 1.82) is 0 Å². The molecule has 0 saturated carbocycles. The molecule has 55 heavy (non-hydrogen) atoms. The topological polar surface area (TPSA) is 38.9 Å². The van der Waals surface area contributed by atoms with Crippen molar-refractivity contribution >= 4 is 16.7 Å². The Labute approximate surface area is 335 Å². The van der Waals surface area contributed by atoms with Gasteiger partial charge in [-0.25, -0.2) is 0 Å². The molecule has 2 aliphatic rings. The highest BCUT2D eigenvalue weighted by atomic mass is 14.6. The van der Waals surface area contributed by atoms with Gasteiger partial charge in [0.25, 0.3) is 0 Å². The smallest absolute Gasteiger partial charge is 0.0677 e. The van der Waals surface area contributed by atoms with Crippen LogP contribution in [0.4, 0.5) is 0 Å². The molecular formula is C53H66N2. The molecule has 2 N–H and O–H groups in total. The molecule has 2 nitrogen and oxygen atoms in total. The first-order valence-corrected chi connectivity index (χ1v) is 20.2. The highest BCUT2D eigenvalue weighted by Crippen LogP contribution is 2.57. The maximum atomic E-state index is 6.58. The summed E-state index contributed by atoms with van der Waals surface area (Å²) in [6.07, 6.45) is 25.9. The molecule has 288 valence electrons. The monoisotopic (exact) mass is 731 g/mol. The van der Waals surface area contributed by atoms with Gasteiger partial charge in [-0.3, -0.25) is 4.98 Å². The van der Waals surface area contributed by atoms with Crippen LogP contribution in [0.2, 0.25) is 0 Å². The van der Waals surface area contributed by atoms with Crippen LogP contribution in [-0.2, 0) is 5.41 Å². The maximum absolute atomic E-state index is 6.58. The molecule has 2 heteroatoms. The van der Waals surface area contributed by atoms with Crippen molar-refractivity contribution < 1.29 is 0 Å². The minimum Gasteiger partial charge on any atom is -0.402 e. The van der Waals surface area contributed by atoms with Gasteiger partial charge in [-0.15, -0.1) is 0 Å². The van der Waals surface area contributed by atoms with Crippen LogP contribution in [0.3, 0.4) is 0 Å². The van der Waals surface area contributed by atoms with E-state index in [4.69, 9.17) is 5.73 Å². The van der Waals surface area contributed by atoms with E-state index in [1.807, 2.05) is 86.0 Å².